The van der Waals surface area contributed by atoms with E-state index in [1.54, 1.807) is 0 Å². The Balaban J connectivity index is 1.56. The summed E-state index contributed by atoms with van der Waals surface area (Å²) in [7, 11) is 3.81. The van der Waals surface area contributed by atoms with E-state index in [4.69, 9.17) is 4.74 Å². The smallest absolute Gasteiger partial charge is 0.378 e. The molecular weight excluding hydrogens is 431 g/mol. The average Bonchev–Trinajstić information content (AvgIpc) is 2.80. The summed E-state index contributed by atoms with van der Waals surface area (Å²) >= 11 is 0. The molecule has 4 atom stereocenters. The molecule has 2 N–H and O–H groups in total. The number of hydrogen-bond donors (Lipinski definition) is 2. The molecule has 8 heteroatoms. The van der Waals surface area contributed by atoms with Crippen LogP contribution in [0.2, 0.25) is 0 Å². The van der Waals surface area contributed by atoms with Crippen LogP contribution in [0.5, 0.6) is 0 Å². The minimum atomic E-state index is -4.42. The molecule has 1 fully saturated rings. The monoisotopic (exact) mass is 461 g/mol. The Bertz CT molecular complexity index is 965. The van der Waals surface area contributed by atoms with Crippen LogP contribution in [0.4, 0.5) is 18.9 Å². The minimum absolute atomic E-state index is 0.0101. The maximum atomic E-state index is 13.4. The zero-order valence-electron chi connectivity index (χ0n) is 18.9. The van der Waals surface area contributed by atoms with Crippen LogP contribution < -0.4 is 10.6 Å². The lowest BCUT2D eigenvalue weighted by Gasteiger charge is -2.46. The summed E-state index contributed by atoms with van der Waals surface area (Å²) in [4.78, 5) is 14.1. The second kappa shape index (κ2) is 9.73. The topological polar surface area (TPSA) is 53.6 Å². The molecule has 0 radical (unpaired) electrons. The van der Waals surface area contributed by atoms with Gasteiger partial charge in [-0.15, -0.1) is 0 Å². The molecule has 5 nitrogen and oxygen atoms in total. The molecule has 0 saturated carbocycles. The number of carbonyl (C=O) groups is 1. The Kier molecular flexibility index (Phi) is 6.95. The number of carbonyl (C=O) groups excluding carboxylic acids is 1. The van der Waals surface area contributed by atoms with Gasteiger partial charge in [-0.05, 0) is 50.7 Å². The van der Waals surface area contributed by atoms with E-state index >= 15 is 0 Å². The lowest BCUT2D eigenvalue weighted by Crippen LogP contribution is -2.43. The molecule has 2 aliphatic heterocycles. The van der Waals surface area contributed by atoms with Crippen LogP contribution in [-0.4, -0.2) is 44.1 Å². The quantitative estimate of drug-likeness (QED) is 0.650. The van der Waals surface area contributed by atoms with Crippen molar-refractivity contribution in [2.75, 3.05) is 32.5 Å². The molecule has 0 unspecified atom stereocenters. The van der Waals surface area contributed by atoms with E-state index in [9.17, 15) is 18.0 Å². The summed E-state index contributed by atoms with van der Waals surface area (Å²) in [5.41, 5.74) is 1.60. The third-order valence-corrected chi connectivity index (χ3v) is 6.45. The van der Waals surface area contributed by atoms with Crippen molar-refractivity contribution < 1.29 is 22.7 Å². The fourth-order valence-electron chi connectivity index (χ4n) is 4.71. The lowest BCUT2D eigenvalue weighted by atomic mass is 9.76. The molecule has 2 heterocycles. The zero-order chi connectivity index (χ0) is 23.6. The molecule has 2 aromatic carbocycles. The van der Waals surface area contributed by atoms with Gasteiger partial charge in [-0.1, -0.05) is 30.3 Å². The number of rotatable bonds is 6. The minimum Gasteiger partial charge on any atom is -0.378 e. The third kappa shape index (κ3) is 5.50. The zero-order valence-corrected chi connectivity index (χ0v) is 18.9. The van der Waals surface area contributed by atoms with Crippen LogP contribution in [-0.2, 0) is 15.7 Å². The molecule has 0 bridgehead atoms. The number of anilines is 1. The van der Waals surface area contributed by atoms with E-state index in [1.165, 1.54) is 12.1 Å². The van der Waals surface area contributed by atoms with Gasteiger partial charge < -0.3 is 20.3 Å². The first-order valence-corrected chi connectivity index (χ1v) is 11.3. The number of halogens is 3. The second-order valence-corrected chi connectivity index (χ2v) is 9.11. The summed E-state index contributed by atoms with van der Waals surface area (Å²) in [5, 5.41) is 6.38. The van der Waals surface area contributed by atoms with Gasteiger partial charge in [0.25, 0.3) is 0 Å². The Hall–Kier alpha value is -2.58. The van der Waals surface area contributed by atoms with Gasteiger partial charge in [0.2, 0.25) is 5.91 Å². The normalized spacial score (nSPS) is 24.5. The molecule has 2 aliphatic rings. The molecule has 178 valence electrons. The predicted octanol–water partition coefficient (Wildman–Crippen LogP) is 4.78. The highest BCUT2D eigenvalue weighted by atomic mass is 19.4. The van der Waals surface area contributed by atoms with Gasteiger partial charge in [0.05, 0.1) is 23.8 Å². The van der Waals surface area contributed by atoms with Crippen molar-refractivity contribution >= 4 is 11.6 Å². The van der Waals surface area contributed by atoms with Gasteiger partial charge in [0, 0.05) is 36.7 Å². The van der Waals surface area contributed by atoms with Crippen molar-refractivity contribution in [3.63, 3.8) is 0 Å². The van der Waals surface area contributed by atoms with E-state index in [0.29, 0.717) is 30.8 Å². The number of fused-ring (bicyclic) bond motifs is 3. The van der Waals surface area contributed by atoms with E-state index in [2.05, 4.69) is 10.6 Å². The number of amides is 1. The molecule has 33 heavy (non-hydrogen) atoms. The highest BCUT2D eigenvalue weighted by Gasteiger charge is 2.43. The SMILES string of the molecule is CN(C)CCC(=O)NC[C@H]1CC[C@@H]2[C@H](O1)c1cc(C(F)(F)F)ccc1N[C@H]2c1ccccc1. The Morgan fingerprint density at radius 2 is 1.91 bits per heavy atom. The molecule has 4 rings (SSSR count). The van der Waals surface area contributed by atoms with Crippen LogP contribution in [0.1, 0.15) is 48.1 Å². The summed E-state index contributed by atoms with van der Waals surface area (Å²) in [5.74, 6) is -0.0641. The molecule has 2 aromatic rings. The first kappa shape index (κ1) is 23.6. The average molecular weight is 462 g/mol. The number of benzene rings is 2. The largest absolute Gasteiger partial charge is 0.416 e. The summed E-state index contributed by atoms with van der Waals surface area (Å²) in [6.45, 7) is 1.01. The van der Waals surface area contributed by atoms with Gasteiger partial charge in [-0.25, -0.2) is 0 Å². The van der Waals surface area contributed by atoms with Gasteiger partial charge in [-0.2, -0.15) is 13.2 Å². The van der Waals surface area contributed by atoms with Crippen LogP contribution >= 0.6 is 0 Å². The molecule has 1 saturated heterocycles. The van der Waals surface area contributed by atoms with Gasteiger partial charge >= 0.3 is 6.18 Å². The molecule has 1 amide bonds. The van der Waals surface area contributed by atoms with Gasteiger partial charge in [-0.3, -0.25) is 4.79 Å². The first-order chi connectivity index (χ1) is 15.7. The van der Waals surface area contributed by atoms with Crippen LogP contribution in [0.15, 0.2) is 48.5 Å². The van der Waals surface area contributed by atoms with Gasteiger partial charge in [0.15, 0.2) is 0 Å². The molecule has 0 aromatic heterocycles. The second-order valence-electron chi connectivity index (χ2n) is 9.11. The van der Waals surface area contributed by atoms with Crippen molar-refractivity contribution in [1.82, 2.24) is 10.2 Å². The number of hydrogen-bond acceptors (Lipinski definition) is 4. The van der Waals surface area contributed by atoms with Crippen LogP contribution in [0.3, 0.4) is 0 Å². The number of nitrogens with zero attached hydrogens (tertiary/aromatic N) is 1. The Labute approximate surface area is 192 Å². The summed E-state index contributed by atoms with van der Waals surface area (Å²) < 4.78 is 46.7. The fourth-order valence-corrected chi connectivity index (χ4v) is 4.71. The van der Waals surface area contributed by atoms with Crippen LogP contribution in [0.25, 0.3) is 0 Å². The Morgan fingerprint density at radius 3 is 2.61 bits per heavy atom. The predicted molar refractivity (Wildman–Crippen MR) is 121 cm³/mol. The van der Waals surface area contributed by atoms with E-state index in [0.717, 1.165) is 24.5 Å². The summed E-state index contributed by atoms with van der Waals surface area (Å²) in [6, 6.07) is 13.7. The van der Waals surface area contributed by atoms with E-state index in [1.807, 2.05) is 49.3 Å². The summed E-state index contributed by atoms with van der Waals surface area (Å²) in [6.07, 6.45) is -3.24. The van der Waals surface area contributed by atoms with Crippen LogP contribution in [0, 0.1) is 5.92 Å². The lowest BCUT2D eigenvalue weighted by molar-refractivity contribution is -0.138. The maximum Gasteiger partial charge on any atom is 0.416 e. The molecule has 0 spiro atoms. The van der Waals surface area contributed by atoms with Crippen molar-refractivity contribution in [1.29, 1.82) is 0 Å². The highest BCUT2D eigenvalue weighted by molar-refractivity contribution is 5.76. The maximum absolute atomic E-state index is 13.4. The molecular formula is C25H30F3N3O2. The first-order valence-electron chi connectivity index (χ1n) is 11.3. The van der Waals surface area contributed by atoms with E-state index < -0.39 is 17.8 Å². The fraction of sp³-hybridized carbons (Fsp3) is 0.480. The molecule has 0 aliphatic carbocycles. The number of alkyl halides is 3. The van der Waals surface area contributed by atoms with Crippen molar-refractivity contribution in [2.24, 2.45) is 5.92 Å². The highest BCUT2D eigenvalue weighted by Crippen LogP contribution is 2.51. The Morgan fingerprint density at radius 1 is 1.15 bits per heavy atom. The number of nitrogens with one attached hydrogen (secondary N) is 2. The van der Waals surface area contributed by atoms with E-state index in [-0.39, 0.29) is 24.0 Å². The van der Waals surface area contributed by atoms with Crippen molar-refractivity contribution in [3.05, 3.63) is 65.2 Å². The van der Waals surface area contributed by atoms with Gasteiger partial charge in [0.1, 0.15) is 0 Å². The third-order valence-electron chi connectivity index (χ3n) is 6.45. The van der Waals surface area contributed by atoms with Crippen molar-refractivity contribution in [3.8, 4) is 0 Å². The van der Waals surface area contributed by atoms with Crippen molar-refractivity contribution in [2.45, 2.75) is 43.7 Å². The standard InChI is InChI=1S/C25H30F3N3O2/c1-31(2)13-12-22(32)29-15-18-9-10-19-23(16-6-4-3-5-7-16)30-21-11-8-17(25(26,27)28)14-20(21)24(19)33-18/h3-8,11,14,18-19,23-24,30H,9-10,12-13,15H2,1-2H3,(H,29,32)/t18-,19+,23+,24+/m1/s1. The number of ether oxygens (including phenoxy) is 1.